The van der Waals surface area contributed by atoms with Crippen LogP contribution in [-0.2, 0) is 4.74 Å². The largest absolute Gasteiger partial charge is 0.449 e. The number of aryl methyl sites for hydroxylation is 1. The van der Waals surface area contributed by atoms with Crippen molar-refractivity contribution in [3.05, 3.63) is 33.9 Å². The minimum Gasteiger partial charge on any atom is -0.449 e. The van der Waals surface area contributed by atoms with Gasteiger partial charge in [0.1, 0.15) is 0 Å². The van der Waals surface area contributed by atoms with Crippen LogP contribution in [0.5, 0.6) is 0 Å². The van der Waals surface area contributed by atoms with E-state index < -0.39 is 11.0 Å². The molecule has 1 rings (SSSR count). The van der Waals surface area contributed by atoms with Gasteiger partial charge in [-0.3, -0.25) is 15.4 Å². The number of nitrogens with one attached hydrogen (secondary N) is 1. The maximum atomic E-state index is 11.4. The summed E-state index contributed by atoms with van der Waals surface area (Å²) in [5.41, 5.74) is 1.06. The van der Waals surface area contributed by atoms with Gasteiger partial charge in [0.25, 0.3) is 5.69 Å². The summed E-state index contributed by atoms with van der Waals surface area (Å²) in [6.45, 7) is 5.90. The molecule has 0 spiro atoms. The molecule has 1 N–H and O–H groups in total. The minimum atomic E-state index is -0.604. The van der Waals surface area contributed by atoms with Gasteiger partial charge in [0.15, 0.2) is 0 Å². The molecular formula is C12H16N2O4. The van der Waals surface area contributed by atoms with Crippen LogP contribution < -0.4 is 5.32 Å². The molecule has 98 valence electrons. The molecule has 1 amide bonds. The first kappa shape index (κ1) is 14.0. The van der Waals surface area contributed by atoms with Crippen LogP contribution in [-0.4, -0.2) is 17.6 Å². The Kier molecular flexibility index (Phi) is 4.65. The van der Waals surface area contributed by atoms with Gasteiger partial charge in [-0.1, -0.05) is 19.9 Å². The molecule has 6 nitrogen and oxygen atoms in total. The van der Waals surface area contributed by atoms with E-state index in [4.69, 9.17) is 4.74 Å². The molecule has 0 heterocycles. The van der Waals surface area contributed by atoms with Crippen LogP contribution in [0.25, 0.3) is 0 Å². The summed E-state index contributed by atoms with van der Waals surface area (Å²) < 4.78 is 4.94. The highest BCUT2D eigenvalue weighted by atomic mass is 16.6. The van der Waals surface area contributed by atoms with Gasteiger partial charge in [-0.05, 0) is 18.4 Å². The van der Waals surface area contributed by atoms with Gasteiger partial charge < -0.3 is 4.74 Å². The van der Waals surface area contributed by atoms with Crippen LogP contribution in [0, 0.1) is 23.0 Å². The molecule has 0 atom stereocenters. The summed E-state index contributed by atoms with van der Waals surface area (Å²) in [4.78, 5) is 21.6. The number of amides is 1. The van der Waals surface area contributed by atoms with Gasteiger partial charge in [-0.25, -0.2) is 4.79 Å². The predicted octanol–water partition coefficient (Wildman–Crippen LogP) is 3.11. The van der Waals surface area contributed by atoms with E-state index in [1.807, 2.05) is 13.8 Å². The van der Waals surface area contributed by atoms with Crippen molar-refractivity contribution in [1.29, 1.82) is 0 Å². The van der Waals surface area contributed by atoms with E-state index in [0.717, 1.165) is 5.56 Å². The van der Waals surface area contributed by atoms with Gasteiger partial charge >= 0.3 is 6.09 Å². The number of nitrogens with zero attached hydrogens (tertiary/aromatic N) is 1. The van der Waals surface area contributed by atoms with E-state index >= 15 is 0 Å². The molecule has 6 heteroatoms. The molecule has 1 aromatic carbocycles. The maximum absolute atomic E-state index is 11.4. The van der Waals surface area contributed by atoms with Crippen LogP contribution in [0.2, 0.25) is 0 Å². The van der Waals surface area contributed by atoms with E-state index in [0.29, 0.717) is 12.3 Å². The molecule has 0 aliphatic heterocycles. The van der Waals surface area contributed by atoms with Gasteiger partial charge in [0, 0.05) is 12.1 Å². The third-order valence-electron chi connectivity index (χ3n) is 2.22. The van der Waals surface area contributed by atoms with Crippen LogP contribution in [0.1, 0.15) is 19.4 Å². The predicted molar refractivity (Wildman–Crippen MR) is 67.6 cm³/mol. The SMILES string of the molecule is Cc1ccc([N+](=O)[O-])cc1NC(=O)OCC(C)C. The van der Waals surface area contributed by atoms with E-state index in [-0.39, 0.29) is 11.6 Å². The molecule has 0 saturated carbocycles. The van der Waals surface area contributed by atoms with Crippen molar-refractivity contribution in [1.82, 2.24) is 0 Å². The molecule has 0 aliphatic rings. The number of non-ortho nitro benzene ring substituents is 1. The van der Waals surface area contributed by atoms with Gasteiger partial charge in [-0.15, -0.1) is 0 Å². The van der Waals surface area contributed by atoms with Crippen LogP contribution in [0.4, 0.5) is 16.2 Å². The van der Waals surface area contributed by atoms with Gasteiger partial charge in [-0.2, -0.15) is 0 Å². The smallest absolute Gasteiger partial charge is 0.411 e. The van der Waals surface area contributed by atoms with E-state index in [1.54, 1.807) is 13.0 Å². The van der Waals surface area contributed by atoms with Gasteiger partial charge in [0.05, 0.1) is 17.2 Å². The van der Waals surface area contributed by atoms with E-state index in [1.165, 1.54) is 12.1 Å². The third-order valence-corrected chi connectivity index (χ3v) is 2.22. The quantitative estimate of drug-likeness (QED) is 0.659. The normalized spacial score (nSPS) is 10.2. The van der Waals surface area contributed by atoms with Crippen molar-refractivity contribution >= 4 is 17.5 Å². The lowest BCUT2D eigenvalue weighted by atomic mass is 10.2. The Hall–Kier alpha value is -2.11. The van der Waals surface area contributed by atoms with Crippen molar-refractivity contribution < 1.29 is 14.5 Å². The van der Waals surface area contributed by atoms with Crippen molar-refractivity contribution in [3.8, 4) is 0 Å². The third kappa shape index (κ3) is 4.04. The molecule has 0 aliphatic carbocycles. The summed E-state index contributed by atoms with van der Waals surface area (Å²) >= 11 is 0. The molecule has 18 heavy (non-hydrogen) atoms. The number of nitro groups is 1. The number of ether oxygens (including phenoxy) is 1. The Morgan fingerprint density at radius 3 is 2.72 bits per heavy atom. The summed E-state index contributed by atoms with van der Waals surface area (Å²) in [5.74, 6) is 0.238. The lowest BCUT2D eigenvalue weighted by Crippen LogP contribution is -2.17. The average Bonchev–Trinajstić information content (AvgIpc) is 2.29. The number of rotatable bonds is 4. The number of carbonyl (C=O) groups excluding carboxylic acids is 1. The zero-order valence-electron chi connectivity index (χ0n) is 10.6. The summed E-state index contributed by atoms with van der Waals surface area (Å²) in [7, 11) is 0. The zero-order valence-corrected chi connectivity index (χ0v) is 10.6. The maximum Gasteiger partial charge on any atom is 0.411 e. The second-order valence-corrected chi connectivity index (χ2v) is 4.37. The average molecular weight is 252 g/mol. The number of hydrogen-bond acceptors (Lipinski definition) is 4. The Morgan fingerprint density at radius 1 is 1.50 bits per heavy atom. The van der Waals surface area contributed by atoms with Gasteiger partial charge in [0.2, 0.25) is 0 Å². The van der Waals surface area contributed by atoms with Crippen molar-refractivity contribution in [2.45, 2.75) is 20.8 Å². The Bertz CT molecular complexity index is 457. The van der Waals surface area contributed by atoms with Crippen LogP contribution in [0.3, 0.4) is 0 Å². The lowest BCUT2D eigenvalue weighted by Gasteiger charge is -2.10. The molecule has 0 fully saturated rings. The fourth-order valence-corrected chi connectivity index (χ4v) is 1.25. The zero-order chi connectivity index (χ0) is 13.7. The van der Waals surface area contributed by atoms with Crippen molar-refractivity contribution in [3.63, 3.8) is 0 Å². The molecule has 0 unspecified atom stereocenters. The van der Waals surface area contributed by atoms with E-state index in [2.05, 4.69) is 5.32 Å². The topological polar surface area (TPSA) is 81.5 Å². The monoisotopic (exact) mass is 252 g/mol. The summed E-state index contributed by atoms with van der Waals surface area (Å²) in [6, 6.07) is 4.28. The molecule has 0 bridgehead atoms. The summed E-state index contributed by atoms with van der Waals surface area (Å²) in [5, 5.41) is 13.1. The number of hydrogen-bond donors (Lipinski definition) is 1. The van der Waals surface area contributed by atoms with Crippen LogP contribution in [0.15, 0.2) is 18.2 Å². The van der Waals surface area contributed by atoms with Crippen LogP contribution >= 0.6 is 0 Å². The highest BCUT2D eigenvalue weighted by Crippen LogP contribution is 2.21. The highest BCUT2D eigenvalue weighted by Gasteiger charge is 2.11. The molecule has 0 saturated heterocycles. The Balaban J connectivity index is 2.74. The van der Waals surface area contributed by atoms with Crippen molar-refractivity contribution in [2.24, 2.45) is 5.92 Å². The fourth-order valence-electron chi connectivity index (χ4n) is 1.25. The van der Waals surface area contributed by atoms with Crippen molar-refractivity contribution in [2.75, 3.05) is 11.9 Å². The highest BCUT2D eigenvalue weighted by molar-refractivity contribution is 5.86. The number of anilines is 1. The Morgan fingerprint density at radius 2 is 2.17 bits per heavy atom. The molecular weight excluding hydrogens is 236 g/mol. The number of carbonyl (C=O) groups is 1. The number of nitro benzene ring substituents is 1. The first-order valence-corrected chi connectivity index (χ1v) is 5.59. The standard InChI is InChI=1S/C12H16N2O4/c1-8(2)7-18-12(15)13-11-6-10(14(16)17)5-4-9(11)3/h4-6,8H,7H2,1-3H3,(H,13,15). The fraction of sp³-hybridized carbons (Fsp3) is 0.417. The number of benzene rings is 1. The Labute approximate surface area is 105 Å². The first-order valence-electron chi connectivity index (χ1n) is 5.59. The minimum absolute atomic E-state index is 0.0697. The summed E-state index contributed by atoms with van der Waals surface area (Å²) in [6.07, 6.45) is -0.604. The molecule has 0 aromatic heterocycles. The molecule has 0 radical (unpaired) electrons. The second kappa shape index (κ2) is 6.00. The van der Waals surface area contributed by atoms with E-state index in [9.17, 15) is 14.9 Å². The second-order valence-electron chi connectivity index (χ2n) is 4.37. The molecule has 1 aromatic rings. The first-order chi connectivity index (χ1) is 8.40. The lowest BCUT2D eigenvalue weighted by molar-refractivity contribution is -0.384.